The third-order valence-electron chi connectivity index (χ3n) is 4.84. The topological polar surface area (TPSA) is 44.7 Å². The van der Waals surface area contributed by atoms with Crippen LogP contribution in [0.15, 0.2) is 47.5 Å². The van der Waals surface area contributed by atoms with Crippen LogP contribution in [0.1, 0.15) is 26.4 Å². The van der Waals surface area contributed by atoms with Crippen molar-refractivity contribution in [3.63, 3.8) is 0 Å². The number of thiophene rings is 1. The molecule has 2 aromatic carbocycles. The largest absolute Gasteiger partial charge is 0.322 e. The van der Waals surface area contributed by atoms with E-state index in [4.69, 9.17) is 34.8 Å². The van der Waals surface area contributed by atoms with Crippen LogP contribution < -0.4 is 5.32 Å². The first-order valence-electron chi connectivity index (χ1n) is 9.30. The molecular weight excluding hydrogens is 461 g/mol. The van der Waals surface area contributed by atoms with E-state index in [0.717, 1.165) is 30.6 Å². The number of hydrogen-bond donors (Lipinski definition) is 1. The summed E-state index contributed by atoms with van der Waals surface area (Å²) in [6, 6.07) is 12.3. The van der Waals surface area contributed by atoms with Crippen molar-refractivity contribution >= 4 is 68.9 Å². The van der Waals surface area contributed by atoms with Gasteiger partial charge in [-0.3, -0.25) is 4.79 Å². The summed E-state index contributed by atoms with van der Waals surface area (Å²) < 4.78 is 0. The molecule has 0 bridgehead atoms. The normalized spacial score (nSPS) is 14.1. The molecule has 0 saturated heterocycles. The Hall–Kier alpha value is -1.89. The summed E-state index contributed by atoms with van der Waals surface area (Å²) in [6.45, 7) is 1.70. The van der Waals surface area contributed by atoms with E-state index in [9.17, 15) is 4.79 Å². The van der Waals surface area contributed by atoms with Gasteiger partial charge >= 0.3 is 0 Å². The van der Waals surface area contributed by atoms with Gasteiger partial charge in [0, 0.05) is 45.5 Å². The number of nitrogens with one attached hydrogen (secondary N) is 1. The minimum atomic E-state index is -0.172. The average Bonchev–Trinajstić information content (AvgIpc) is 3.06. The maximum atomic E-state index is 13.2. The Morgan fingerprint density at radius 3 is 2.60 bits per heavy atom. The molecule has 1 aliphatic heterocycles. The number of amides is 1. The van der Waals surface area contributed by atoms with Crippen molar-refractivity contribution in [1.29, 1.82) is 0 Å². The summed E-state index contributed by atoms with van der Waals surface area (Å²) in [7, 11) is 2.08. The predicted octanol–water partition coefficient (Wildman–Crippen LogP) is 6.70. The zero-order valence-electron chi connectivity index (χ0n) is 16.1. The first kappa shape index (κ1) is 21.3. The highest BCUT2D eigenvalue weighted by Gasteiger charge is 2.27. The molecule has 4 rings (SSSR count). The number of rotatable bonds is 4. The zero-order chi connectivity index (χ0) is 21.3. The van der Waals surface area contributed by atoms with Crippen LogP contribution in [-0.2, 0) is 13.0 Å². The minimum Gasteiger partial charge on any atom is -0.322 e. The van der Waals surface area contributed by atoms with Crippen LogP contribution in [0, 0.1) is 0 Å². The Morgan fingerprint density at radius 2 is 1.87 bits per heavy atom. The van der Waals surface area contributed by atoms with Gasteiger partial charge in [0.1, 0.15) is 5.00 Å². The lowest BCUT2D eigenvalue weighted by molar-refractivity contribution is 0.102. The molecule has 3 aromatic rings. The summed E-state index contributed by atoms with van der Waals surface area (Å²) in [4.78, 5) is 21.2. The highest BCUT2D eigenvalue weighted by molar-refractivity contribution is 7.16. The fourth-order valence-corrected chi connectivity index (χ4v) is 5.16. The van der Waals surface area contributed by atoms with Crippen molar-refractivity contribution in [3.8, 4) is 0 Å². The first-order valence-corrected chi connectivity index (χ1v) is 11.2. The van der Waals surface area contributed by atoms with Crippen molar-refractivity contribution in [2.45, 2.75) is 13.0 Å². The Morgan fingerprint density at radius 1 is 1.13 bits per heavy atom. The van der Waals surface area contributed by atoms with Crippen molar-refractivity contribution in [2.24, 2.45) is 4.99 Å². The molecule has 1 N–H and O–H groups in total. The summed E-state index contributed by atoms with van der Waals surface area (Å²) in [5.41, 5.74) is 3.12. The van der Waals surface area contributed by atoms with Gasteiger partial charge in [-0.05, 0) is 55.4 Å². The fourth-order valence-electron chi connectivity index (χ4n) is 3.30. The zero-order valence-corrected chi connectivity index (χ0v) is 19.2. The molecule has 30 heavy (non-hydrogen) atoms. The van der Waals surface area contributed by atoms with Crippen molar-refractivity contribution in [3.05, 3.63) is 79.1 Å². The lowest BCUT2D eigenvalue weighted by atomic mass is 10.0. The Bertz CT molecular complexity index is 1130. The van der Waals surface area contributed by atoms with E-state index >= 15 is 0 Å². The predicted molar refractivity (Wildman–Crippen MR) is 127 cm³/mol. The second-order valence-corrected chi connectivity index (χ2v) is 9.42. The summed E-state index contributed by atoms with van der Waals surface area (Å²) >= 11 is 19.7. The molecule has 4 nitrogen and oxygen atoms in total. The number of carbonyl (C=O) groups is 1. The van der Waals surface area contributed by atoms with E-state index in [1.165, 1.54) is 4.88 Å². The van der Waals surface area contributed by atoms with Crippen molar-refractivity contribution < 1.29 is 4.79 Å². The SMILES string of the molecule is CN1CCc2c(sc(N=Cc3ccc(Cl)cc3Cl)c2C(=O)Nc2ccc(Cl)cc2)C1. The lowest BCUT2D eigenvalue weighted by Crippen LogP contribution is -2.26. The molecule has 8 heteroatoms. The first-order chi connectivity index (χ1) is 14.4. The van der Waals surface area contributed by atoms with Gasteiger partial charge < -0.3 is 10.2 Å². The molecule has 1 aliphatic rings. The number of fused-ring (bicyclic) bond motifs is 1. The van der Waals surface area contributed by atoms with E-state index in [1.807, 2.05) is 6.07 Å². The number of nitrogens with zero attached hydrogens (tertiary/aromatic N) is 2. The van der Waals surface area contributed by atoms with E-state index in [-0.39, 0.29) is 5.91 Å². The molecule has 0 radical (unpaired) electrons. The Balaban J connectivity index is 1.69. The van der Waals surface area contributed by atoms with Crippen LogP contribution in [0.3, 0.4) is 0 Å². The fraction of sp³-hybridized carbons (Fsp3) is 0.182. The van der Waals surface area contributed by atoms with E-state index in [1.54, 1.807) is 53.9 Å². The second kappa shape index (κ2) is 9.08. The van der Waals surface area contributed by atoms with Crippen molar-refractivity contribution in [1.82, 2.24) is 4.90 Å². The van der Waals surface area contributed by atoms with Gasteiger partial charge in [0.15, 0.2) is 0 Å². The molecule has 0 aliphatic carbocycles. The molecule has 0 saturated carbocycles. The summed E-state index contributed by atoms with van der Waals surface area (Å²) in [5.74, 6) is -0.172. The van der Waals surface area contributed by atoms with Crippen LogP contribution in [0.4, 0.5) is 10.7 Å². The van der Waals surface area contributed by atoms with Gasteiger partial charge in [0.25, 0.3) is 5.91 Å². The van der Waals surface area contributed by atoms with Crippen molar-refractivity contribution in [2.75, 3.05) is 18.9 Å². The third-order valence-corrected chi connectivity index (χ3v) is 6.78. The number of aliphatic imine (C=N–C) groups is 1. The second-order valence-electron chi connectivity index (χ2n) is 7.06. The summed E-state index contributed by atoms with van der Waals surface area (Å²) in [6.07, 6.45) is 2.49. The van der Waals surface area contributed by atoms with E-state index in [2.05, 4.69) is 22.3 Å². The number of halogens is 3. The highest BCUT2D eigenvalue weighted by atomic mass is 35.5. The molecule has 0 spiro atoms. The molecule has 0 fully saturated rings. The molecule has 1 aromatic heterocycles. The van der Waals surface area contributed by atoms with Gasteiger partial charge in [-0.25, -0.2) is 4.99 Å². The third kappa shape index (κ3) is 4.71. The van der Waals surface area contributed by atoms with Gasteiger partial charge in [-0.2, -0.15) is 0 Å². The molecule has 154 valence electrons. The minimum absolute atomic E-state index is 0.172. The molecule has 0 atom stereocenters. The van der Waals surface area contributed by atoms with Gasteiger partial charge in [0.2, 0.25) is 0 Å². The Labute approximate surface area is 194 Å². The quantitative estimate of drug-likeness (QED) is 0.424. The standard InChI is InChI=1S/C22H18Cl3N3OS/c1-28-9-8-17-19(12-28)30-22(26-11-13-2-3-15(24)10-18(13)25)20(17)21(29)27-16-6-4-14(23)5-7-16/h2-7,10-11H,8-9,12H2,1H3,(H,27,29). The van der Waals surface area contributed by atoms with Gasteiger partial charge in [-0.1, -0.05) is 40.9 Å². The van der Waals surface area contributed by atoms with Gasteiger partial charge in [-0.15, -0.1) is 11.3 Å². The monoisotopic (exact) mass is 477 g/mol. The molecule has 2 heterocycles. The maximum absolute atomic E-state index is 13.2. The molecule has 0 unspecified atom stereocenters. The maximum Gasteiger partial charge on any atom is 0.259 e. The van der Waals surface area contributed by atoms with Crippen LogP contribution in [0.2, 0.25) is 15.1 Å². The molecule has 1 amide bonds. The van der Waals surface area contributed by atoms with E-state index in [0.29, 0.717) is 31.3 Å². The Kier molecular flexibility index (Phi) is 6.46. The number of likely N-dealkylation sites (N-methyl/N-ethyl adjacent to an activating group) is 1. The van der Waals surface area contributed by atoms with Crippen LogP contribution in [0.25, 0.3) is 0 Å². The smallest absolute Gasteiger partial charge is 0.259 e. The lowest BCUT2D eigenvalue weighted by Gasteiger charge is -2.22. The number of benzene rings is 2. The highest BCUT2D eigenvalue weighted by Crippen LogP contribution is 2.39. The number of carbonyl (C=O) groups excluding carboxylic acids is 1. The average molecular weight is 479 g/mol. The van der Waals surface area contributed by atoms with Crippen LogP contribution in [-0.4, -0.2) is 30.6 Å². The van der Waals surface area contributed by atoms with E-state index < -0.39 is 0 Å². The van der Waals surface area contributed by atoms with Gasteiger partial charge in [0.05, 0.1) is 10.6 Å². The summed E-state index contributed by atoms with van der Waals surface area (Å²) in [5, 5.41) is 5.34. The van der Waals surface area contributed by atoms with Crippen LogP contribution >= 0.6 is 46.1 Å². The molecular formula is C22H18Cl3N3OS. The van der Waals surface area contributed by atoms with Crippen LogP contribution in [0.5, 0.6) is 0 Å². The number of hydrogen-bond acceptors (Lipinski definition) is 4. The number of anilines is 1.